The fourth-order valence-electron chi connectivity index (χ4n) is 3.30. The molecule has 0 spiro atoms. The molecule has 27 heavy (non-hydrogen) atoms. The van der Waals surface area contributed by atoms with Crippen molar-refractivity contribution in [1.29, 1.82) is 0 Å². The van der Waals surface area contributed by atoms with Crippen LogP contribution in [0.15, 0.2) is 48.5 Å². The number of ketones is 1. The molecule has 2 aromatic rings. The minimum Gasteiger partial charge on any atom is -0.497 e. The first-order chi connectivity index (χ1) is 12.8. The standard InChI is InChI=1S/C22H24N2O3/c1-22(2)13-16-9-10-17(27-4)11-18(16)19(24-22)12-20(25)14-5-7-15(8-6-14)21(26)23-3/h5-12,24H,13H2,1-4H3,(H,23,26). The molecular formula is C22H24N2O3. The van der Waals surface area contributed by atoms with Crippen LogP contribution in [0.3, 0.4) is 0 Å². The van der Waals surface area contributed by atoms with Gasteiger partial charge in [-0.25, -0.2) is 0 Å². The SMILES string of the molecule is CNC(=O)c1ccc(C(=O)C=C2NC(C)(C)Cc3ccc(OC)cc32)cc1. The summed E-state index contributed by atoms with van der Waals surface area (Å²) in [6.07, 6.45) is 2.48. The lowest BCUT2D eigenvalue weighted by Gasteiger charge is -2.35. The van der Waals surface area contributed by atoms with E-state index >= 15 is 0 Å². The van der Waals surface area contributed by atoms with Crippen LogP contribution in [0.4, 0.5) is 0 Å². The van der Waals surface area contributed by atoms with Gasteiger partial charge in [-0.1, -0.05) is 18.2 Å². The minimum absolute atomic E-state index is 0.118. The molecule has 0 saturated heterocycles. The number of ether oxygens (including phenoxy) is 1. The highest BCUT2D eigenvalue weighted by Gasteiger charge is 2.28. The highest BCUT2D eigenvalue weighted by atomic mass is 16.5. The molecule has 1 aliphatic rings. The van der Waals surface area contributed by atoms with Crippen molar-refractivity contribution in [3.63, 3.8) is 0 Å². The molecule has 0 saturated carbocycles. The number of carbonyl (C=O) groups is 2. The third kappa shape index (κ3) is 4.03. The summed E-state index contributed by atoms with van der Waals surface area (Å²) in [5, 5.41) is 6.03. The van der Waals surface area contributed by atoms with E-state index in [-0.39, 0.29) is 17.2 Å². The van der Waals surface area contributed by atoms with Gasteiger partial charge in [0, 0.05) is 41.1 Å². The van der Waals surface area contributed by atoms with Gasteiger partial charge in [-0.3, -0.25) is 9.59 Å². The number of nitrogens with one attached hydrogen (secondary N) is 2. The van der Waals surface area contributed by atoms with E-state index in [1.807, 2.05) is 18.2 Å². The Balaban J connectivity index is 1.96. The van der Waals surface area contributed by atoms with Crippen molar-refractivity contribution >= 4 is 17.4 Å². The van der Waals surface area contributed by atoms with Crippen molar-refractivity contribution in [2.45, 2.75) is 25.8 Å². The monoisotopic (exact) mass is 364 g/mol. The molecule has 0 aromatic heterocycles. The Hall–Kier alpha value is -3.08. The second kappa shape index (κ2) is 7.27. The Morgan fingerprint density at radius 2 is 1.78 bits per heavy atom. The molecule has 5 heteroatoms. The Bertz CT molecular complexity index is 912. The maximum atomic E-state index is 12.8. The average Bonchev–Trinajstić information content (AvgIpc) is 2.66. The summed E-state index contributed by atoms with van der Waals surface area (Å²) in [5.41, 5.74) is 3.83. The van der Waals surface area contributed by atoms with E-state index in [2.05, 4.69) is 24.5 Å². The van der Waals surface area contributed by atoms with Crippen LogP contribution in [-0.2, 0) is 6.42 Å². The molecule has 2 aromatic carbocycles. The predicted molar refractivity (Wildman–Crippen MR) is 106 cm³/mol. The van der Waals surface area contributed by atoms with E-state index < -0.39 is 0 Å². The number of methoxy groups -OCH3 is 1. The number of rotatable bonds is 4. The van der Waals surface area contributed by atoms with Crippen LogP contribution in [0.25, 0.3) is 5.70 Å². The molecule has 0 bridgehead atoms. The lowest BCUT2D eigenvalue weighted by Crippen LogP contribution is -2.43. The lowest BCUT2D eigenvalue weighted by atomic mass is 9.85. The van der Waals surface area contributed by atoms with Crippen LogP contribution < -0.4 is 15.4 Å². The van der Waals surface area contributed by atoms with Gasteiger partial charge in [0.05, 0.1) is 7.11 Å². The molecule has 2 N–H and O–H groups in total. The van der Waals surface area contributed by atoms with E-state index in [0.29, 0.717) is 11.1 Å². The molecule has 0 fully saturated rings. The largest absolute Gasteiger partial charge is 0.497 e. The van der Waals surface area contributed by atoms with Crippen LogP contribution in [0, 0.1) is 0 Å². The molecule has 140 valence electrons. The summed E-state index contributed by atoms with van der Waals surface area (Å²) < 4.78 is 5.34. The van der Waals surface area contributed by atoms with Crippen molar-refractivity contribution in [2.75, 3.05) is 14.2 Å². The maximum Gasteiger partial charge on any atom is 0.251 e. The van der Waals surface area contributed by atoms with Crippen molar-refractivity contribution in [1.82, 2.24) is 10.6 Å². The Morgan fingerprint density at radius 3 is 2.41 bits per heavy atom. The first-order valence-electron chi connectivity index (χ1n) is 8.86. The highest BCUT2D eigenvalue weighted by Crippen LogP contribution is 2.32. The van der Waals surface area contributed by atoms with E-state index in [4.69, 9.17) is 4.74 Å². The Morgan fingerprint density at radius 1 is 1.11 bits per heavy atom. The molecule has 0 atom stereocenters. The fourth-order valence-corrected chi connectivity index (χ4v) is 3.30. The van der Waals surface area contributed by atoms with E-state index in [1.54, 1.807) is 44.5 Å². The molecule has 3 rings (SSSR count). The number of amides is 1. The summed E-state index contributed by atoms with van der Waals surface area (Å²) in [4.78, 5) is 24.4. The topological polar surface area (TPSA) is 67.4 Å². The molecule has 5 nitrogen and oxygen atoms in total. The van der Waals surface area contributed by atoms with Crippen LogP contribution in [0.5, 0.6) is 5.75 Å². The summed E-state index contributed by atoms with van der Waals surface area (Å²) in [5.74, 6) is 0.458. The van der Waals surface area contributed by atoms with Crippen molar-refractivity contribution in [2.24, 2.45) is 0 Å². The van der Waals surface area contributed by atoms with Crippen LogP contribution in [0.2, 0.25) is 0 Å². The van der Waals surface area contributed by atoms with Crippen LogP contribution >= 0.6 is 0 Å². The Kier molecular flexibility index (Phi) is 5.04. The van der Waals surface area contributed by atoms with E-state index in [9.17, 15) is 9.59 Å². The molecule has 1 amide bonds. The molecule has 0 radical (unpaired) electrons. The maximum absolute atomic E-state index is 12.8. The molecule has 0 aliphatic carbocycles. The molecular weight excluding hydrogens is 340 g/mol. The van der Waals surface area contributed by atoms with Gasteiger partial charge >= 0.3 is 0 Å². The third-order valence-corrected chi connectivity index (χ3v) is 4.65. The predicted octanol–water partition coefficient (Wildman–Crippen LogP) is 3.20. The number of hydrogen-bond donors (Lipinski definition) is 2. The second-order valence-corrected chi connectivity index (χ2v) is 7.29. The number of fused-ring (bicyclic) bond motifs is 1. The van der Waals surface area contributed by atoms with Crippen molar-refractivity contribution < 1.29 is 14.3 Å². The average molecular weight is 364 g/mol. The van der Waals surface area contributed by atoms with Gasteiger partial charge in [0.25, 0.3) is 5.91 Å². The fraction of sp³-hybridized carbons (Fsp3) is 0.273. The number of hydrogen-bond acceptors (Lipinski definition) is 4. The van der Waals surface area contributed by atoms with Gasteiger partial charge in [0.1, 0.15) is 5.75 Å². The molecule has 1 aliphatic heterocycles. The lowest BCUT2D eigenvalue weighted by molar-refractivity contribution is 0.0961. The number of benzene rings is 2. The third-order valence-electron chi connectivity index (χ3n) is 4.65. The van der Waals surface area contributed by atoms with Crippen LogP contribution in [-0.4, -0.2) is 31.4 Å². The highest BCUT2D eigenvalue weighted by molar-refractivity contribution is 6.09. The summed E-state index contributed by atoms with van der Waals surface area (Å²) in [6.45, 7) is 4.22. The summed E-state index contributed by atoms with van der Waals surface area (Å²) in [6, 6.07) is 12.6. The zero-order valence-electron chi connectivity index (χ0n) is 16.1. The van der Waals surface area contributed by atoms with Crippen molar-refractivity contribution in [3.05, 3.63) is 70.8 Å². The summed E-state index contributed by atoms with van der Waals surface area (Å²) >= 11 is 0. The van der Waals surface area contributed by atoms with Gasteiger partial charge in [-0.05, 0) is 50.1 Å². The first kappa shape index (κ1) is 18.7. The minimum atomic E-state index is -0.177. The van der Waals surface area contributed by atoms with Gasteiger partial charge in [-0.2, -0.15) is 0 Å². The van der Waals surface area contributed by atoms with E-state index in [1.165, 1.54) is 5.56 Å². The Labute approximate surface area is 159 Å². The zero-order valence-corrected chi connectivity index (χ0v) is 16.1. The molecule has 0 unspecified atom stereocenters. The van der Waals surface area contributed by atoms with Crippen molar-refractivity contribution in [3.8, 4) is 5.75 Å². The van der Waals surface area contributed by atoms with Gasteiger partial charge in [0.15, 0.2) is 5.78 Å². The number of allylic oxidation sites excluding steroid dienone is 1. The van der Waals surface area contributed by atoms with E-state index in [0.717, 1.165) is 23.4 Å². The second-order valence-electron chi connectivity index (χ2n) is 7.29. The van der Waals surface area contributed by atoms with Gasteiger partial charge < -0.3 is 15.4 Å². The van der Waals surface area contributed by atoms with Gasteiger partial charge in [0.2, 0.25) is 0 Å². The summed E-state index contributed by atoms with van der Waals surface area (Å²) in [7, 11) is 3.21. The quantitative estimate of drug-likeness (QED) is 0.646. The van der Waals surface area contributed by atoms with Crippen LogP contribution in [0.1, 0.15) is 45.7 Å². The smallest absolute Gasteiger partial charge is 0.251 e. The van der Waals surface area contributed by atoms with Gasteiger partial charge in [-0.15, -0.1) is 0 Å². The zero-order chi connectivity index (χ0) is 19.6. The molecule has 1 heterocycles. The number of carbonyl (C=O) groups excluding carboxylic acids is 2. The first-order valence-corrected chi connectivity index (χ1v) is 8.86. The normalized spacial score (nSPS) is 16.2.